The third-order valence-electron chi connectivity index (χ3n) is 10.7. The van der Waals surface area contributed by atoms with Gasteiger partial charge in [0.05, 0.1) is 31.9 Å². The minimum atomic E-state index is -0.0930. The Labute approximate surface area is 288 Å². The highest BCUT2D eigenvalue weighted by atomic mass is 16.5. The summed E-state index contributed by atoms with van der Waals surface area (Å²) in [6.45, 7) is 11.9. The molecule has 0 spiro atoms. The van der Waals surface area contributed by atoms with Crippen molar-refractivity contribution >= 4 is 17.6 Å². The standard InChI is InChI=1S/C41H57N3O4/c1-6-7-8-24-48-41(46)34-19-17-33(18-20-34)40(45)43(38-11-9-10-35(25-38)36-26-42-44(28-36)37-21-22-37)27-31-13-15-32(16-14-31)30(4)12-23-39(47-5)29(2)3/h9-12,23,25-26,28,31-34,37H,4,6-8,13-22,24,27H2,1-3,5H3/b23-12-. The van der Waals surface area contributed by atoms with Gasteiger partial charge in [-0.2, -0.15) is 5.10 Å². The number of allylic oxidation sites excluding steroid dienone is 4. The van der Waals surface area contributed by atoms with E-state index in [0.717, 1.165) is 104 Å². The van der Waals surface area contributed by atoms with Gasteiger partial charge in [-0.3, -0.25) is 14.3 Å². The van der Waals surface area contributed by atoms with E-state index in [1.807, 2.05) is 12.3 Å². The number of benzene rings is 1. The number of carbonyl (C=O) groups excluding carboxylic acids is 2. The van der Waals surface area contributed by atoms with Gasteiger partial charge in [-0.1, -0.05) is 50.1 Å². The van der Waals surface area contributed by atoms with Crippen LogP contribution in [-0.2, 0) is 19.1 Å². The molecule has 48 heavy (non-hydrogen) atoms. The van der Waals surface area contributed by atoms with E-state index in [1.165, 1.54) is 12.8 Å². The molecule has 0 radical (unpaired) electrons. The van der Waals surface area contributed by atoms with E-state index in [2.05, 4.69) is 78.6 Å². The lowest BCUT2D eigenvalue weighted by atomic mass is 9.78. The first-order valence-corrected chi connectivity index (χ1v) is 18.5. The van der Waals surface area contributed by atoms with E-state index in [4.69, 9.17) is 9.47 Å². The second-order valence-corrected chi connectivity index (χ2v) is 14.6. The maximum Gasteiger partial charge on any atom is 0.308 e. The predicted octanol–water partition coefficient (Wildman–Crippen LogP) is 9.62. The van der Waals surface area contributed by atoms with Crippen molar-refractivity contribution in [2.24, 2.45) is 23.7 Å². The van der Waals surface area contributed by atoms with Crippen LogP contribution in [0.4, 0.5) is 5.69 Å². The van der Waals surface area contributed by atoms with Gasteiger partial charge in [0, 0.05) is 29.9 Å². The van der Waals surface area contributed by atoms with Crippen LogP contribution in [0, 0.1) is 23.7 Å². The first kappa shape index (κ1) is 35.7. The number of anilines is 1. The summed E-state index contributed by atoms with van der Waals surface area (Å²) in [7, 11) is 1.71. The fourth-order valence-electron chi connectivity index (χ4n) is 7.37. The molecule has 260 valence electrons. The molecular weight excluding hydrogens is 598 g/mol. The number of aromatic nitrogens is 2. The summed E-state index contributed by atoms with van der Waals surface area (Å²) in [6, 6.07) is 8.96. The Morgan fingerprint density at radius 3 is 2.31 bits per heavy atom. The molecule has 1 aromatic carbocycles. The van der Waals surface area contributed by atoms with Crippen molar-refractivity contribution in [3.8, 4) is 11.1 Å². The summed E-state index contributed by atoms with van der Waals surface area (Å²) in [5.41, 5.74) is 5.43. The lowest BCUT2D eigenvalue weighted by Crippen LogP contribution is -2.42. The lowest BCUT2D eigenvalue weighted by Gasteiger charge is -2.36. The summed E-state index contributed by atoms with van der Waals surface area (Å²) >= 11 is 0. The Balaban J connectivity index is 1.26. The van der Waals surface area contributed by atoms with Crippen molar-refractivity contribution in [3.63, 3.8) is 0 Å². The monoisotopic (exact) mass is 655 g/mol. The summed E-state index contributed by atoms with van der Waals surface area (Å²) in [4.78, 5) is 29.2. The average molecular weight is 656 g/mol. The van der Waals surface area contributed by atoms with Crippen LogP contribution in [0.3, 0.4) is 0 Å². The number of hydrogen-bond acceptors (Lipinski definition) is 5. The number of unbranched alkanes of at least 4 members (excludes halogenated alkanes) is 2. The van der Waals surface area contributed by atoms with Gasteiger partial charge >= 0.3 is 5.97 Å². The number of amides is 1. The molecule has 3 aliphatic carbocycles. The SMILES string of the molecule is C=C(/C=C\C(OC)=C(C)C)C1CCC(CN(C(=O)C2CCC(C(=O)OCCCCC)CC2)c2cccc(-c3cnn(C4CC4)c3)c2)CC1. The minimum absolute atomic E-state index is 0.0817. The summed E-state index contributed by atoms with van der Waals surface area (Å²) in [6.07, 6.45) is 20.9. The topological polar surface area (TPSA) is 73.7 Å². The first-order chi connectivity index (χ1) is 23.3. The second-order valence-electron chi connectivity index (χ2n) is 14.6. The molecule has 7 nitrogen and oxygen atoms in total. The van der Waals surface area contributed by atoms with Gasteiger partial charge in [0.25, 0.3) is 0 Å². The second kappa shape index (κ2) is 17.2. The van der Waals surface area contributed by atoms with Crippen LogP contribution in [0.1, 0.15) is 110 Å². The molecule has 0 unspecified atom stereocenters. The summed E-state index contributed by atoms with van der Waals surface area (Å²) in [5.74, 6) is 1.69. The fourth-order valence-corrected chi connectivity index (χ4v) is 7.37. The smallest absolute Gasteiger partial charge is 0.308 e. The Bertz CT molecular complexity index is 1450. The zero-order valence-corrected chi connectivity index (χ0v) is 29.8. The van der Waals surface area contributed by atoms with Crippen LogP contribution in [0.5, 0.6) is 0 Å². The number of ether oxygens (including phenoxy) is 2. The molecule has 3 fully saturated rings. The van der Waals surface area contributed by atoms with E-state index in [1.54, 1.807) is 7.11 Å². The molecule has 7 heteroatoms. The van der Waals surface area contributed by atoms with Crippen LogP contribution in [0.15, 0.2) is 72.3 Å². The molecule has 1 heterocycles. The number of nitrogens with zero attached hydrogens (tertiary/aromatic N) is 3. The Hall–Kier alpha value is -3.61. The van der Waals surface area contributed by atoms with Gasteiger partial charge < -0.3 is 14.4 Å². The van der Waals surface area contributed by atoms with Crippen molar-refractivity contribution in [1.82, 2.24) is 9.78 Å². The molecule has 0 aliphatic heterocycles. The molecule has 2 aromatic rings. The number of carbonyl (C=O) groups is 2. The molecule has 0 N–H and O–H groups in total. The lowest BCUT2D eigenvalue weighted by molar-refractivity contribution is -0.150. The molecule has 1 amide bonds. The normalized spacial score (nSPS) is 22.7. The Morgan fingerprint density at radius 1 is 0.938 bits per heavy atom. The third-order valence-corrected chi connectivity index (χ3v) is 10.7. The van der Waals surface area contributed by atoms with Crippen LogP contribution in [0.2, 0.25) is 0 Å². The highest BCUT2D eigenvalue weighted by Crippen LogP contribution is 2.38. The molecule has 3 aliphatic rings. The van der Waals surface area contributed by atoms with E-state index in [0.29, 0.717) is 31.0 Å². The van der Waals surface area contributed by atoms with Gasteiger partial charge in [0.2, 0.25) is 5.91 Å². The van der Waals surface area contributed by atoms with E-state index in [-0.39, 0.29) is 23.7 Å². The Kier molecular flexibility index (Phi) is 12.8. The molecular formula is C41H57N3O4. The molecule has 3 saturated carbocycles. The average Bonchev–Trinajstić information content (AvgIpc) is 3.84. The van der Waals surface area contributed by atoms with Crippen molar-refractivity contribution < 1.29 is 19.1 Å². The van der Waals surface area contributed by atoms with Crippen LogP contribution in [0.25, 0.3) is 11.1 Å². The van der Waals surface area contributed by atoms with E-state index < -0.39 is 0 Å². The van der Waals surface area contributed by atoms with E-state index >= 15 is 0 Å². The number of rotatable bonds is 15. The maximum absolute atomic E-state index is 14.4. The fraction of sp³-hybridized carbons (Fsp3) is 0.585. The van der Waals surface area contributed by atoms with Gasteiger partial charge in [0.15, 0.2) is 0 Å². The highest BCUT2D eigenvalue weighted by Gasteiger charge is 2.35. The number of esters is 1. The van der Waals surface area contributed by atoms with Gasteiger partial charge in [-0.15, -0.1) is 0 Å². The van der Waals surface area contributed by atoms with Crippen LogP contribution < -0.4 is 4.90 Å². The molecule has 5 rings (SSSR count). The summed E-state index contributed by atoms with van der Waals surface area (Å²) in [5, 5.41) is 4.61. The van der Waals surface area contributed by atoms with Gasteiger partial charge in [0.1, 0.15) is 5.76 Å². The summed E-state index contributed by atoms with van der Waals surface area (Å²) < 4.78 is 13.2. The van der Waals surface area contributed by atoms with Crippen molar-refractivity contribution in [2.75, 3.05) is 25.2 Å². The Morgan fingerprint density at radius 2 is 1.65 bits per heavy atom. The maximum atomic E-state index is 14.4. The number of hydrogen-bond donors (Lipinski definition) is 0. The van der Waals surface area contributed by atoms with Crippen molar-refractivity contribution in [3.05, 3.63) is 72.3 Å². The highest BCUT2D eigenvalue weighted by molar-refractivity contribution is 5.96. The molecule has 1 aromatic heterocycles. The van der Waals surface area contributed by atoms with Gasteiger partial charge in [-0.25, -0.2) is 0 Å². The van der Waals surface area contributed by atoms with Crippen LogP contribution >= 0.6 is 0 Å². The zero-order valence-electron chi connectivity index (χ0n) is 29.8. The molecule has 0 bridgehead atoms. The predicted molar refractivity (Wildman–Crippen MR) is 193 cm³/mol. The molecule has 0 atom stereocenters. The number of methoxy groups -OCH3 is 1. The largest absolute Gasteiger partial charge is 0.497 e. The first-order valence-electron chi connectivity index (χ1n) is 18.5. The van der Waals surface area contributed by atoms with Crippen molar-refractivity contribution in [2.45, 2.75) is 110 Å². The zero-order chi connectivity index (χ0) is 34.0. The van der Waals surface area contributed by atoms with Crippen molar-refractivity contribution in [1.29, 1.82) is 0 Å². The third kappa shape index (κ3) is 9.51. The molecule has 0 saturated heterocycles. The van der Waals surface area contributed by atoms with E-state index in [9.17, 15) is 9.59 Å². The quantitative estimate of drug-likeness (QED) is 0.0827. The minimum Gasteiger partial charge on any atom is -0.497 e. The van der Waals surface area contributed by atoms with Crippen LogP contribution in [-0.4, -0.2) is 41.9 Å². The van der Waals surface area contributed by atoms with Gasteiger partial charge in [-0.05, 0) is 126 Å².